The van der Waals surface area contributed by atoms with Gasteiger partial charge < -0.3 is 19.9 Å². The molecule has 0 bridgehead atoms. The van der Waals surface area contributed by atoms with E-state index in [9.17, 15) is 14.4 Å². The number of nitrogens with zero attached hydrogens (tertiary/aromatic N) is 1. The van der Waals surface area contributed by atoms with Crippen LogP contribution in [0.1, 0.15) is 44.2 Å². The number of carbonyl (C=O) groups is 2. The van der Waals surface area contributed by atoms with Crippen molar-refractivity contribution in [2.45, 2.75) is 45.3 Å². The Labute approximate surface area is 203 Å². The fourth-order valence-electron chi connectivity index (χ4n) is 4.65. The number of pyridine rings is 1. The van der Waals surface area contributed by atoms with Crippen molar-refractivity contribution in [3.05, 3.63) is 75.5 Å². The molecule has 0 spiro atoms. The molecule has 1 saturated carbocycles. The van der Waals surface area contributed by atoms with Crippen LogP contribution in [-0.4, -0.2) is 23.1 Å². The molecule has 4 rings (SSSR count). The summed E-state index contributed by atoms with van der Waals surface area (Å²) in [6.07, 6.45) is 2.99. The van der Waals surface area contributed by atoms with Crippen LogP contribution in [0.4, 0.5) is 10.5 Å². The normalized spacial score (nSPS) is 17.8. The molecule has 8 heteroatoms. The number of carbonyl (C=O) groups excluding carboxylic acids is 2. The van der Waals surface area contributed by atoms with Crippen LogP contribution in [0.2, 0.25) is 5.02 Å². The maximum absolute atomic E-state index is 13.3. The first-order valence-electron chi connectivity index (χ1n) is 11.5. The van der Waals surface area contributed by atoms with Gasteiger partial charge in [-0.2, -0.15) is 0 Å². The van der Waals surface area contributed by atoms with E-state index in [4.69, 9.17) is 16.3 Å². The molecule has 0 saturated heterocycles. The van der Waals surface area contributed by atoms with E-state index in [2.05, 4.69) is 10.6 Å². The lowest BCUT2D eigenvalue weighted by molar-refractivity contribution is -0.114. The lowest BCUT2D eigenvalue weighted by Crippen LogP contribution is -2.35. The number of aromatic nitrogens is 1. The molecule has 1 heterocycles. The van der Waals surface area contributed by atoms with E-state index in [-0.39, 0.29) is 35.7 Å². The first kappa shape index (κ1) is 23.8. The van der Waals surface area contributed by atoms with Crippen molar-refractivity contribution in [2.24, 2.45) is 5.92 Å². The maximum atomic E-state index is 13.3. The molecule has 0 aliphatic heterocycles. The van der Waals surface area contributed by atoms with E-state index in [1.54, 1.807) is 16.7 Å². The predicted octanol–water partition coefficient (Wildman–Crippen LogP) is 5.27. The van der Waals surface area contributed by atoms with E-state index < -0.39 is 6.09 Å². The van der Waals surface area contributed by atoms with Crippen molar-refractivity contribution in [2.75, 3.05) is 11.9 Å². The van der Waals surface area contributed by atoms with Gasteiger partial charge in [0.2, 0.25) is 5.91 Å². The zero-order chi connectivity index (χ0) is 24.1. The number of nitrogens with one attached hydrogen (secondary N) is 2. The summed E-state index contributed by atoms with van der Waals surface area (Å²) in [6, 6.07) is 16.6. The highest BCUT2D eigenvalue weighted by Gasteiger charge is 2.27. The Kier molecular flexibility index (Phi) is 7.53. The molecule has 2 amide bonds. The van der Waals surface area contributed by atoms with Crippen molar-refractivity contribution in [3.63, 3.8) is 0 Å². The number of hydrogen-bond acceptors (Lipinski definition) is 4. The lowest BCUT2D eigenvalue weighted by atomic mass is 9.85. The average molecular weight is 482 g/mol. The van der Waals surface area contributed by atoms with Gasteiger partial charge in [-0.3, -0.25) is 9.59 Å². The van der Waals surface area contributed by atoms with Crippen LogP contribution in [0.5, 0.6) is 0 Å². The van der Waals surface area contributed by atoms with Gasteiger partial charge in [0.1, 0.15) is 12.3 Å². The van der Waals surface area contributed by atoms with Gasteiger partial charge in [0.15, 0.2) is 0 Å². The van der Waals surface area contributed by atoms with Crippen molar-refractivity contribution >= 4 is 40.2 Å². The molecule has 0 radical (unpaired) electrons. The number of fused-ring (bicyclic) bond motifs is 1. The number of alkyl carbamates (subject to hydrolysis) is 1. The third-order valence-corrected chi connectivity index (χ3v) is 6.54. The first-order chi connectivity index (χ1) is 16.4. The molecular weight excluding hydrogens is 454 g/mol. The summed E-state index contributed by atoms with van der Waals surface area (Å²) in [6.45, 7) is 2.07. The van der Waals surface area contributed by atoms with Crippen LogP contribution in [0.3, 0.4) is 0 Å². The van der Waals surface area contributed by atoms with Gasteiger partial charge in [-0.25, -0.2) is 4.79 Å². The predicted molar refractivity (Wildman–Crippen MR) is 133 cm³/mol. The van der Waals surface area contributed by atoms with E-state index in [0.29, 0.717) is 11.6 Å². The van der Waals surface area contributed by atoms with Crippen molar-refractivity contribution in [1.29, 1.82) is 0 Å². The molecule has 2 unspecified atom stereocenters. The lowest BCUT2D eigenvalue weighted by Gasteiger charge is -2.31. The molecule has 2 N–H and O–H groups in total. The molecular formula is C26H28ClN3O4. The fraction of sp³-hybridized carbons (Fsp3) is 0.346. The number of anilines is 1. The summed E-state index contributed by atoms with van der Waals surface area (Å²) in [5.74, 6) is -0.108. The van der Waals surface area contributed by atoms with Crippen LogP contribution >= 0.6 is 11.6 Å². The number of amides is 2. The molecule has 3 aromatic rings. The van der Waals surface area contributed by atoms with Crippen LogP contribution in [0.25, 0.3) is 10.9 Å². The minimum Gasteiger partial charge on any atom is -0.445 e. The number of hydrogen-bond donors (Lipinski definition) is 2. The number of halogens is 1. The highest BCUT2D eigenvalue weighted by molar-refractivity contribution is 6.35. The smallest absolute Gasteiger partial charge is 0.407 e. The van der Waals surface area contributed by atoms with E-state index in [1.165, 1.54) is 6.92 Å². The number of benzene rings is 2. The monoisotopic (exact) mass is 481 g/mol. The van der Waals surface area contributed by atoms with Crippen LogP contribution in [0.15, 0.2) is 59.4 Å². The van der Waals surface area contributed by atoms with E-state index >= 15 is 0 Å². The minimum absolute atomic E-state index is 0.0666. The van der Waals surface area contributed by atoms with Crippen molar-refractivity contribution in [1.82, 2.24) is 9.88 Å². The summed E-state index contributed by atoms with van der Waals surface area (Å²) in [4.78, 5) is 37.2. The summed E-state index contributed by atoms with van der Waals surface area (Å²) >= 11 is 6.43. The Morgan fingerprint density at radius 3 is 2.68 bits per heavy atom. The number of rotatable bonds is 6. The van der Waals surface area contributed by atoms with Gasteiger partial charge in [-0.1, -0.05) is 54.4 Å². The molecule has 1 fully saturated rings. The van der Waals surface area contributed by atoms with Gasteiger partial charge in [0.25, 0.3) is 5.56 Å². The van der Waals surface area contributed by atoms with Crippen molar-refractivity contribution < 1.29 is 14.3 Å². The maximum Gasteiger partial charge on any atom is 0.407 e. The molecule has 1 aliphatic rings. The summed E-state index contributed by atoms with van der Waals surface area (Å²) in [7, 11) is 0. The number of ether oxygens (including phenoxy) is 1. The Morgan fingerprint density at radius 2 is 1.91 bits per heavy atom. The van der Waals surface area contributed by atoms with Gasteiger partial charge in [-0.15, -0.1) is 0 Å². The SMILES string of the molecule is CC(=O)Nc1cc2c(Cl)cccc2n(C2CCCC(CNC(=O)OCc3ccccc3)C2)c1=O. The summed E-state index contributed by atoms with van der Waals surface area (Å²) < 4.78 is 7.07. The molecule has 2 aromatic carbocycles. The topological polar surface area (TPSA) is 89.4 Å². The van der Waals surface area contributed by atoms with Gasteiger partial charge in [-0.05, 0) is 48.9 Å². The molecule has 34 heavy (non-hydrogen) atoms. The van der Waals surface area contributed by atoms with Gasteiger partial charge in [0, 0.05) is 29.9 Å². The zero-order valence-electron chi connectivity index (χ0n) is 19.1. The first-order valence-corrected chi connectivity index (χ1v) is 11.9. The van der Waals surface area contributed by atoms with Crippen LogP contribution in [0, 0.1) is 5.92 Å². The second-order valence-electron chi connectivity index (χ2n) is 8.72. The Hall–Kier alpha value is -3.32. The van der Waals surface area contributed by atoms with Crippen LogP contribution in [-0.2, 0) is 16.1 Å². The van der Waals surface area contributed by atoms with Crippen LogP contribution < -0.4 is 16.2 Å². The quantitative estimate of drug-likeness (QED) is 0.501. The van der Waals surface area contributed by atoms with E-state index in [0.717, 1.165) is 42.1 Å². The molecule has 7 nitrogen and oxygen atoms in total. The van der Waals surface area contributed by atoms with E-state index in [1.807, 2.05) is 42.5 Å². The Bertz CT molecular complexity index is 1240. The highest BCUT2D eigenvalue weighted by atomic mass is 35.5. The minimum atomic E-state index is -0.451. The molecule has 1 aromatic heterocycles. The Morgan fingerprint density at radius 1 is 1.12 bits per heavy atom. The summed E-state index contributed by atoms with van der Waals surface area (Å²) in [5.41, 5.74) is 1.65. The Balaban J connectivity index is 1.48. The highest BCUT2D eigenvalue weighted by Crippen LogP contribution is 2.35. The average Bonchev–Trinajstić information content (AvgIpc) is 2.83. The molecule has 178 valence electrons. The molecule has 1 aliphatic carbocycles. The summed E-state index contributed by atoms with van der Waals surface area (Å²) in [5, 5.41) is 6.75. The second kappa shape index (κ2) is 10.7. The largest absolute Gasteiger partial charge is 0.445 e. The van der Waals surface area contributed by atoms with Gasteiger partial charge in [0.05, 0.1) is 5.52 Å². The standard InChI is InChI=1S/C26H28ClN3O4/c1-17(31)29-23-14-21-22(27)11-6-12-24(21)30(25(23)32)20-10-5-9-19(13-20)15-28-26(33)34-16-18-7-3-2-4-8-18/h2-4,6-8,11-12,14,19-20H,5,9-10,13,15-16H2,1H3,(H,28,33)(H,29,31). The second-order valence-corrected chi connectivity index (χ2v) is 9.12. The zero-order valence-corrected chi connectivity index (χ0v) is 19.8. The van der Waals surface area contributed by atoms with Crippen molar-refractivity contribution in [3.8, 4) is 0 Å². The molecule has 2 atom stereocenters. The van der Waals surface area contributed by atoms with Gasteiger partial charge >= 0.3 is 6.09 Å². The third kappa shape index (κ3) is 5.59. The fourth-order valence-corrected chi connectivity index (χ4v) is 4.87. The third-order valence-electron chi connectivity index (χ3n) is 6.21.